The van der Waals surface area contributed by atoms with Crippen LogP contribution in [0.2, 0.25) is 0 Å². The maximum absolute atomic E-state index is 12.9. The third-order valence-electron chi connectivity index (χ3n) is 4.94. The van der Waals surface area contributed by atoms with E-state index in [4.69, 9.17) is 9.15 Å². The highest BCUT2D eigenvalue weighted by Gasteiger charge is 2.25. The van der Waals surface area contributed by atoms with Crippen molar-refractivity contribution >= 4 is 11.6 Å². The molecule has 0 bridgehead atoms. The molecule has 4 rings (SSSR count). The number of nitriles is 1. The topological polar surface area (TPSA) is 80.2 Å². The van der Waals surface area contributed by atoms with Crippen LogP contribution in [0, 0.1) is 18.3 Å². The first-order valence-electron chi connectivity index (χ1n) is 9.40. The Hall–Kier alpha value is -3.46. The van der Waals surface area contributed by atoms with E-state index in [1.807, 2.05) is 30.3 Å². The predicted octanol–water partition coefficient (Wildman–Crippen LogP) is 4.82. The van der Waals surface area contributed by atoms with Gasteiger partial charge >= 0.3 is 0 Å². The van der Waals surface area contributed by atoms with Crippen LogP contribution in [0.3, 0.4) is 0 Å². The largest absolute Gasteiger partial charge is 0.490 e. The Morgan fingerprint density at radius 2 is 2.00 bits per heavy atom. The molecule has 2 aromatic heterocycles. The number of nitrogens with zero attached hydrogens (tertiary/aromatic N) is 2. The van der Waals surface area contributed by atoms with E-state index in [-0.39, 0.29) is 23.1 Å². The summed E-state index contributed by atoms with van der Waals surface area (Å²) in [7, 11) is 0. The van der Waals surface area contributed by atoms with Gasteiger partial charge in [0.1, 0.15) is 28.7 Å². The van der Waals surface area contributed by atoms with E-state index in [1.54, 1.807) is 30.0 Å². The summed E-state index contributed by atoms with van der Waals surface area (Å²) in [6.07, 6.45) is 8.31. The Kier molecular flexibility index (Phi) is 4.90. The Labute approximate surface area is 163 Å². The van der Waals surface area contributed by atoms with E-state index >= 15 is 0 Å². The predicted molar refractivity (Wildman–Crippen MR) is 105 cm³/mol. The molecular formula is C22H21N3O3. The lowest BCUT2D eigenvalue weighted by atomic mass is 10.1. The standard InChI is InChI=1S/C22H21N3O3/c1-15-20(19(14-23)22(27-15)25-11-4-5-12-25)21(26)24-16-7-6-10-18(13-16)28-17-8-2-3-9-17/h4-7,10-13,17H,2-3,8-9H2,1H3,(H,24,26). The fourth-order valence-electron chi connectivity index (χ4n) is 3.60. The van der Waals surface area contributed by atoms with Crippen molar-refractivity contribution in [3.05, 3.63) is 65.7 Å². The number of nitrogens with one attached hydrogen (secondary N) is 1. The van der Waals surface area contributed by atoms with Crippen LogP contribution in [0.15, 0.2) is 53.2 Å². The number of ether oxygens (including phenoxy) is 1. The number of anilines is 1. The first-order valence-corrected chi connectivity index (χ1v) is 9.40. The molecule has 1 N–H and O–H groups in total. The summed E-state index contributed by atoms with van der Waals surface area (Å²) in [5.41, 5.74) is 1.07. The average Bonchev–Trinajstić information content (AvgIpc) is 3.42. The number of benzene rings is 1. The van der Waals surface area contributed by atoms with Crippen molar-refractivity contribution < 1.29 is 13.9 Å². The van der Waals surface area contributed by atoms with Crippen molar-refractivity contribution in [2.24, 2.45) is 0 Å². The molecule has 1 fully saturated rings. The fraction of sp³-hybridized carbons (Fsp3) is 0.273. The van der Waals surface area contributed by atoms with Gasteiger partial charge in [0.15, 0.2) is 0 Å². The maximum atomic E-state index is 12.9. The Bertz CT molecular complexity index is 1020. The number of aromatic nitrogens is 1. The van der Waals surface area contributed by atoms with Crippen LogP contribution in [0.25, 0.3) is 5.88 Å². The van der Waals surface area contributed by atoms with Crippen LogP contribution < -0.4 is 10.1 Å². The quantitative estimate of drug-likeness (QED) is 0.693. The highest BCUT2D eigenvalue weighted by molar-refractivity contribution is 6.07. The highest BCUT2D eigenvalue weighted by atomic mass is 16.5. The van der Waals surface area contributed by atoms with Gasteiger partial charge in [0, 0.05) is 24.1 Å². The zero-order valence-electron chi connectivity index (χ0n) is 15.6. The van der Waals surface area contributed by atoms with Gasteiger partial charge in [-0.3, -0.25) is 9.36 Å². The van der Waals surface area contributed by atoms with Crippen LogP contribution in [0.5, 0.6) is 5.75 Å². The molecule has 0 radical (unpaired) electrons. The van der Waals surface area contributed by atoms with Crippen molar-refractivity contribution in [3.63, 3.8) is 0 Å². The van der Waals surface area contributed by atoms with Gasteiger partial charge in [-0.25, -0.2) is 0 Å². The summed E-state index contributed by atoms with van der Waals surface area (Å²) in [6.45, 7) is 1.68. The van der Waals surface area contributed by atoms with Gasteiger partial charge in [-0.15, -0.1) is 0 Å². The molecule has 1 saturated carbocycles. The van der Waals surface area contributed by atoms with Crippen molar-refractivity contribution in [1.82, 2.24) is 4.57 Å². The first-order chi connectivity index (χ1) is 13.7. The van der Waals surface area contributed by atoms with E-state index in [1.165, 1.54) is 12.8 Å². The number of furan rings is 1. The average molecular weight is 375 g/mol. The lowest BCUT2D eigenvalue weighted by molar-refractivity contribution is 0.102. The molecule has 6 nitrogen and oxygen atoms in total. The number of hydrogen-bond donors (Lipinski definition) is 1. The minimum Gasteiger partial charge on any atom is -0.490 e. The minimum atomic E-state index is -0.380. The summed E-state index contributed by atoms with van der Waals surface area (Å²) in [5, 5.41) is 12.5. The summed E-state index contributed by atoms with van der Waals surface area (Å²) in [4.78, 5) is 12.9. The van der Waals surface area contributed by atoms with E-state index in [0.29, 0.717) is 17.3 Å². The minimum absolute atomic E-state index is 0.213. The Balaban J connectivity index is 1.57. The molecule has 142 valence electrons. The number of aryl methyl sites for hydroxylation is 1. The number of carbonyl (C=O) groups excluding carboxylic acids is 1. The normalized spacial score (nSPS) is 14.0. The number of carbonyl (C=O) groups is 1. The monoisotopic (exact) mass is 375 g/mol. The summed E-state index contributed by atoms with van der Waals surface area (Å²) in [6, 6.07) is 13.1. The SMILES string of the molecule is Cc1oc(-n2cccc2)c(C#N)c1C(=O)Nc1cccc(OC2CCCC2)c1. The molecule has 3 aromatic rings. The van der Waals surface area contributed by atoms with E-state index in [0.717, 1.165) is 18.6 Å². The molecule has 1 aliphatic rings. The van der Waals surface area contributed by atoms with Gasteiger partial charge in [0.25, 0.3) is 5.91 Å². The van der Waals surface area contributed by atoms with E-state index in [2.05, 4.69) is 11.4 Å². The fourth-order valence-corrected chi connectivity index (χ4v) is 3.60. The van der Waals surface area contributed by atoms with Crippen LogP contribution in [0.1, 0.15) is 47.4 Å². The highest BCUT2D eigenvalue weighted by Crippen LogP contribution is 2.28. The molecule has 1 amide bonds. The zero-order chi connectivity index (χ0) is 19.5. The molecule has 1 aromatic carbocycles. The van der Waals surface area contributed by atoms with Crippen molar-refractivity contribution in [2.75, 3.05) is 5.32 Å². The second-order valence-corrected chi connectivity index (χ2v) is 6.92. The molecule has 2 heterocycles. The lowest BCUT2D eigenvalue weighted by Gasteiger charge is -2.14. The Morgan fingerprint density at radius 3 is 2.71 bits per heavy atom. The zero-order valence-corrected chi connectivity index (χ0v) is 15.6. The number of rotatable bonds is 5. The van der Waals surface area contributed by atoms with Crippen LogP contribution in [-0.4, -0.2) is 16.6 Å². The number of amides is 1. The molecule has 0 unspecified atom stereocenters. The van der Waals surface area contributed by atoms with Gasteiger partial charge < -0.3 is 14.5 Å². The van der Waals surface area contributed by atoms with Crippen LogP contribution in [0.4, 0.5) is 5.69 Å². The molecule has 0 spiro atoms. The maximum Gasteiger partial charge on any atom is 0.260 e. The molecule has 1 aliphatic carbocycles. The summed E-state index contributed by atoms with van der Waals surface area (Å²) in [5.74, 6) is 1.10. The third-order valence-corrected chi connectivity index (χ3v) is 4.94. The van der Waals surface area contributed by atoms with Crippen molar-refractivity contribution in [3.8, 4) is 17.7 Å². The van der Waals surface area contributed by atoms with Gasteiger partial charge in [-0.05, 0) is 56.9 Å². The van der Waals surface area contributed by atoms with Crippen molar-refractivity contribution in [2.45, 2.75) is 38.7 Å². The van der Waals surface area contributed by atoms with Gasteiger partial charge in [0.05, 0.1) is 6.10 Å². The van der Waals surface area contributed by atoms with E-state index in [9.17, 15) is 10.1 Å². The van der Waals surface area contributed by atoms with Gasteiger partial charge in [-0.2, -0.15) is 5.26 Å². The van der Waals surface area contributed by atoms with Gasteiger partial charge in [-0.1, -0.05) is 6.07 Å². The molecule has 0 aliphatic heterocycles. The first kappa shape index (κ1) is 17.9. The van der Waals surface area contributed by atoms with Crippen LogP contribution in [-0.2, 0) is 0 Å². The second-order valence-electron chi connectivity index (χ2n) is 6.92. The lowest BCUT2D eigenvalue weighted by Crippen LogP contribution is -2.14. The smallest absolute Gasteiger partial charge is 0.260 e. The molecule has 28 heavy (non-hydrogen) atoms. The summed E-state index contributed by atoms with van der Waals surface area (Å²) < 4.78 is 13.4. The van der Waals surface area contributed by atoms with E-state index < -0.39 is 0 Å². The third kappa shape index (κ3) is 3.52. The molecule has 0 atom stereocenters. The second kappa shape index (κ2) is 7.65. The van der Waals surface area contributed by atoms with Crippen molar-refractivity contribution in [1.29, 1.82) is 5.26 Å². The molecule has 0 saturated heterocycles. The molecular weight excluding hydrogens is 354 g/mol. The van der Waals surface area contributed by atoms with Gasteiger partial charge in [0.2, 0.25) is 5.88 Å². The number of hydrogen-bond acceptors (Lipinski definition) is 4. The Morgan fingerprint density at radius 1 is 1.25 bits per heavy atom. The van der Waals surface area contributed by atoms with Crippen LogP contribution >= 0.6 is 0 Å². The molecule has 6 heteroatoms. The summed E-state index contributed by atoms with van der Waals surface area (Å²) >= 11 is 0.